The lowest BCUT2D eigenvalue weighted by Crippen LogP contribution is -2.35. The highest BCUT2D eigenvalue weighted by atomic mass is 16.5. The van der Waals surface area contributed by atoms with Gasteiger partial charge in [0, 0.05) is 25.7 Å². The summed E-state index contributed by atoms with van der Waals surface area (Å²) >= 11 is 0. The van der Waals surface area contributed by atoms with Crippen LogP contribution in [0, 0.1) is 11.8 Å². The molecule has 2 rings (SSSR count). The Morgan fingerprint density at radius 2 is 1.86 bits per heavy atom. The number of rotatable bonds is 2. The van der Waals surface area contributed by atoms with E-state index in [9.17, 15) is 4.79 Å². The third-order valence-corrected chi connectivity index (χ3v) is 3.34. The molecule has 80 valence electrons. The lowest BCUT2D eigenvalue weighted by molar-refractivity contribution is -0.119. The molecule has 2 aliphatic rings. The third-order valence-electron chi connectivity index (χ3n) is 3.34. The second-order valence-corrected chi connectivity index (χ2v) is 4.28. The topological polar surface area (TPSA) is 35.5 Å². The maximum Gasteiger partial charge on any atom is 0.123 e. The van der Waals surface area contributed by atoms with E-state index in [1.54, 1.807) is 0 Å². The molecular weight excluding hydrogens is 180 g/mol. The molecular formula is C11H18O3. The van der Waals surface area contributed by atoms with Crippen molar-refractivity contribution in [2.75, 3.05) is 19.8 Å². The van der Waals surface area contributed by atoms with Crippen LogP contribution in [0.3, 0.4) is 0 Å². The summed E-state index contributed by atoms with van der Waals surface area (Å²) < 4.78 is 11.1. The number of carbonyl (C=O) groups is 1. The van der Waals surface area contributed by atoms with E-state index in [2.05, 4.69) is 0 Å². The van der Waals surface area contributed by atoms with Crippen LogP contribution in [0.15, 0.2) is 0 Å². The zero-order valence-electron chi connectivity index (χ0n) is 8.48. The molecule has 0 bridgehead atoms. The largest absolute Gasteiger partial charge is 0.381 e. The van der Waals surface area contributed by atoms with Crippen LogP contribution in [0.1, 0.15) is 25.7 Å². The first-order chi connectivity index (χ1) is 6.90. The molecule has 2 unspecified atom stereocenters. The fourth-order valence-corrected chi connectivity index (χ4v) is 2.39. The van der Waals surface area contributed by atoms with Crippen LogP contribution < -0.4 is 0 Å². The van der Waals surface area contributed by atoms with Gasteiger partial charge in [-0.15, -0.1) is 0 Å². The minimum absolute atomic E-state index is 0.233. The second-order valence-electron chi connectivity index (χ2n) is 4.28. The van der Waals surface area contributed by atoms with Gasteiger partial charge in [0.05, 0.1) is 6.10 Å². The predicted molar refractivity (Wildman–Crippen MR) is 52.1 cm³/mol. The molecule has 0 aromatic carbocycles. The van der Waals surface area contributed by atoms with Gasteiger partial charge in [0.1, 0.15) is 6.29 Å². The summed E-state index contributed by atoms with van der Waals surface area (Å²) in [4.78, 5) is 10.7. The minimum atomic E-state index is 0.233. The average Bonchev–Trinajstić information content (AvgIpc) is 2.30. The van der Waals surface area contributed by atoms with E-state index in [4.69, 9.17) is 9.47 Å². The molecule has 3 nitrogen and oxygen atoms in total. The van der Waals surface area contributed by atoms with Crippen LogP contribution in [0.2, 0.25) is 0 Å². The summed E-state index contributed by atoms with van der Waals surface area (Å²) in [6.07, 6.45) is 5.42. The Balaban J connectivity index is 1.86. The van der Waals surface area contributed by atoms with E-state index in [0.29, 0.717) is 12.0 Å². The number of carbonyl (C=O) groups excluding carboxylic acids is 1. The molecule has 2 aliphatic heterocycles. The van der Waals surface area contributed by atoms with Gasteiger partial charge in [0.25, 0.3) is 0 Å². The molecule has 0 N–H and O–H groups in total. The van der Waals surface area contributed by atoms with Gasteiger partial charge in [-0.3, -0.25) is 0 Å². The zero-order chi connectivity index (χ0) is 9.80. The van der Waals surface area contributed by atoms with Crippen molar-refractivity contribution in [3.8, 4) is 0 Å². The monoisotopic (exact) mass is 198 g/mol. The molecule has 0 amide bonds. The van der Waals surface area contributed by atoms with Gasteiger partial charge in [0.2, 0.25) is 0 Å². The smallest absolute Gasteiger partial charge is 0.123 e. The zero-order valence-corrected chi connectivity index (χ0v) is 8.48. The van der Waals surface area contributed by atoms with Crippen molar-refractivity contribution < 1.29 is 14.3 Å². The van der Waals surface area contributed by atoms with Crippen LogP contribution in [0.5, 0.6) is 0 Å². The van der Waals surface area contributed by atoms with Crippen molar-refractivity contribution >= 4 is 6.29 Å². The minimum Gasteiger partial charge on any atom is -0.381 e. The molecule has 14 heavy (non-hydrogen) atoms. The first kappa shape index (κ1) is 10.1. The highest BCUT2D eigenvalue weighted by molar-refractivity contribution is 5.53. The highest BCUT2D eigenvalue weighted by Gasteiger charge is 2.30. The quantitative estimate of drug-likeness (QED) is 0.629. The maximum absolute atomic E-state index is 10.7. The van der Waals surface area contributed by atoms with Gasteiger partial charge in [-0.25, -0.2) is 0 Å². The molecule has 0 spiro atoms. The van der Waals surface area contributed by atoms with Gasteiger partial charge in [0.15, 0.2) is 0 Å². The highest BCUT2D eigenvalue weighted by Crippen LogP contribution is 2.29. The Kier molecular flexibility index (Phi) is 3.54. The van der Waals surface area contributed by atoms with Gasteiger partial charge in [-0.05, 0) is 31.6 Å². The first-order valence-electron chi connectivity index (χ1n) is 5.55. The van der Waals surface area contributed by atoms with E-state index in [-0.39, 0.29) is 5.92 Å². The van der Waals surface area contributed by atoms with E-state index < -0.39 is 0 Å². The van der Waals surface area contributed by atoms with Crippen molar-refractivity contribution in [2.24, 2.45) is 11.8 Å². The van der Waals surface area contributed by atoms with Crippen LogP contribution >= 0.6 is 0 Å². The van der Waals surface area contributed by atoms with Crippen molar-refractivity contribution in [2.45, 2.75) is 31.8 Å². The maximum atomic E-state index is 10.7. The molecule has 3 heteroatoms. The fourth-order valence-electron chi connectivity index (χ4n) is 2.39. The Labute approximate surface area is 84.8 Å². The number of hydrogen-bond donors (Lipinski definition) is 0. The SMILES string of the molecule is O=CC1CCOC(C2CCOCC2)C1. The Morgan fingerprint density at radius 1 is 1.07 bits per heavy atom. The fraction of sp³-hybridized carbons (Fsp3) is 0.909. The summed E-state index contributed by atoms with van der Waals surface area (Å²) in [7, 11) is 0. The summed E-state index contributed by atoms with van der Waals surface area (Å²) in [6, 6.07) is 0. The molecule has 0 aliphatic carbocycles. The van der Waals surface area contributed by atoms with E-state index in [1.807, 2.05) is 0 Å². The number of hydrogen-bond acceptors (Lipinski definition) is 3. The summed E-state index contributed by atoms with van der Waals surface area (Å²) in [5, 5.41) is 0. The van der Waals surface area contributed by atoms with Crippen molar-refractivity contribution in [3.63, 3.8) is 0 Å². The molecule has 2 heterocycles. The summed E-state index contributed by atoms with van der Waals surface area (Å²) in [5.41, 5.74) is 0. The van der Waals surface area contributed by atoms with Crippen molar-refractivity contribution in [3.05, 3.63) is 0 Å². The van der Waals surface area contributed by atoms with Crippen molar-refractivity contribution in [1.29, 1.82) is 0 Å². The lowest BCUT2D eigenvalue weighted by atomic mass is 9.85. The molecule has 2 fully saturated rings. The number of aldehydes is 1. The average molecular weight is 198 g/mol. The Morgan fingerprint density at radius 3 is 2.57 bits per heavy atom. The van der Waals surface area contributed by atoms with Gasteiger partial charge in [-0.1, -0.05) is 0 Å². The standard InChI is InChI=1S/C11H18O3/c12-8-9-1-6-14-11(7-9)10-2-4-13-5-3-10/h8-11H,1-7H2. The first-order valence-corrected chi connectivity index (χ1v) is 5.55. The lowest BCUT2D eigenvalue weighted by Gasteiger charge is -2.34. The molecule has 0 aromatic heterocycles. The summed E-state index contributed by atoms with van der Waals surface area (Å²) in [5.74, 6) is 0.850. The Bertz CT molecular complexity index is 187. The molecule has 2 saturated heterocycles. The van der Waals surface area contributed by atoms with Gasteiger partial charge >= 0.3 is 0 Å². The van der Waals surface area contributed by atoms with Crippen LogP contribution in [-0.2, 0) is 14.3 Å². The number of ether oxygens (including phenoxy) is 2. The van der Waals surface area contributed by atoms with Crippen molar-refractivity contribution in [1.82, 2.24) is 0 Å². The second kappa shape index (κ2) is 4.89. The van der Waals surface area contributed by atoms with E-state index in [0.717, 1.165) is 51.8 Å². The molecule has 0 radical (unpaired) electrons. The molecule has 2 atom stereocenters. The molecule has 0 aromatic rings. The van der Waals surface area contributed by atoms with Crippen LogP contribution in [0.25, 0.3) is 0 Å². The van der Waals surface area contributed by atoms with Gasteiger partial charge in [-0.2, -0.15) is 0 Å². The van der Waals surface area contributed by atoms with Crippen LogP contribution in [0.4, 0.5) is 0 Å². The molecule has 0 saturated carbocycles. The van der Waals surface area contributed by atoms with E-state index >= 15 is 0 Å². The van der Waals surface area contributed by atoms with Crippen LogP contribution in [-0.4, -0.2) is 32.2 Å². The Hall–Kier alpha value is -0.410. The third kappa shape index (κ3) is 2.34. The summed E-state index contributed by atoms with van der Waals surface area (Å²) in [6.45, 7) is 2.47. The predicted octanol–water partition coefficient (Wildman–Crippen LogP) is 1.41. The normalized spacial score (nSPS) is 35.4. The van der Waals surface area contributed by atoms with E-state index in [1.165, 1.54) is 0 Å². The van der Waals surface area contributed by atoms with Gasteiger partial charge < -0.3 is 14.3 Å².